The van der Waals surface area contributed by atoms with Gasteiger partial charge in [0.1, 0.15) is 0 Å². The van der Waals surface area contributed by atoms with E-state index in [0.29, 0.717) is 0 Å². The highest BCUT2D eigenvalue weighted by atomic mass is 31.1. The van der Waals surface area contributed by atoms with E-state index in [1.165, 1.54) is 0 Å². The summed E-state index contributed by atoms with van der Waals surface area (Å²) in [5.74, 6) is -0.831. The van der Waals surface area contributed by atoms with E-state index in [4.69, 9.17) is 10.2 Å². The molecule has 0 radical (unpaired) electrons. The number of hydrogen-bond acceptors (Lipinski definition) is 6. The molecule has 0 aromatic heterocycles. The van der Waals surface area contributed by atoms with Crippen molar-refractivity contribution in [1.82, 2.24) is 0 Å². The molecule has 0 aliphatic rings. The number of rotatable bonds is 5. The maximum Gasteiger partial charge on any atom is 0.522 e. The van der Waals surface area contributed by atoms with Gasteiger partial charge in [0.25, 0.3) is 6.16 Å². The summed E-state index contributed by atoms with van der Waals surface area (Å²) in [5.41, 5.74) is 0. The van der Waals surface area contributed by atoms with Gasteiger partial charge in [-0.1, -0.05) is 0 Å². The van der Waals surface area contributed by atoms with Crippen LogP contribution in [0.5, 0.6) is 0 Å². The highest BCUT2D eigenvalue weighted by Gasteiger charge is 2.23. The lowest BCUT2D eigenvalue weighted by molar-refractivity contribution is -0.148. The maximum atomic E-state index is 10.5. The molecule has 6 nitrogen and oxygen atoms in total. The first-order valence-corrected chi connectivity index (χ1v) is 4.02. The zero-order valence-electron chi connectivity index (χ0n) is 5.60. The van der Waals surface area contributed by atoms with Crippen molar-refractivity contribution in [2.45, 2.75) is 0 Å². The fraction of sp³-hybridized carbons (Fsp3) is 0.750. The Kier molecular flexibility index (Phi) is 5.87. The third-order valence-corrected chi connectivity index (χ3v) is 1.61. The second-order valence-corrected chi connectivity index (χ2v) is 2.63. The summed E-state index contributed by atoms with van der Waals surface area (Å²) in [6.07, 6.45) is -0.462. The fourth-order valence-corrected chi connectivity index (χ4v) is 0.855. The Labute approximate surface area is 63.6 Å². The van der Waals surface area contributed by atoms with Crippen LogP contribution in [0.4, 0.5) is 0 Å². The zero-order chi connectivity index (χ0) is 8.69. The molecule has 0 heterocycles. The van der Waals surface area contributed by atoms with Gasteiger partial charge in [-0.2, -0.15) is 0 Å². The van der Waals surface area contributed by atoms with E-state index in [-0.39, 0.29) is 0 Å². The molecular weight excluding hydrogens is 175 g/mol. The first-order valence-electron chi connectivity index (χ1n) is 2.65. The molecule has 2 N–H and O–H groups in total. The second-order valence-electron chi connectivity index (χ2n) is 1.39. The van der Waals surface area contributed by atoms with Gasteiger partial charge in [-0.3, -0.25) is 0 Å². The topological polar surface area (TPSA) is 93.1 Å². The van der Waals surface area contributed by atoms with Crippen molar-refractivity contribution in [1.29, 1.82) is 0 Å². The number of hydrogen-bond donors (Lipinski definition) is 2. The molecule has 7 heteroatoms. The van der Waals surface area contributed by atoms with Gasteiger partial charge in [-0.25, -0.2) is 4.79 Å². The van der Waals surface area contributed by atoms with Gasteiger partial charge < -0.3 is 14.9 Å². The average molecular weight is 183 g/mol. The third kappa shape index (κ3) is 5.87. The molecule has 1 atom stereocenters. The molecule has 0 fully saturated rings. The molecule has 0 saturated heterocycles. The monoisotopic (exact) mass is 183 g/mol. The van der Waals surface area contributed by atoms with Crippen LogP contribution in [-0.2, 0) is 18.6 Å². The van der Waals surface area contributed by atoms with Crippen LogP contribution in [0, 0.1) is 0 Å². The van der Waals surface area contributed by atoms with E-state index in [2.05, 4.69) is 9.26 Å². The predicted octanol–water partition coefficient (Wildman–Crippen LogP) is -0.812. The number of esters is 1. The lowest BCUT2D eigenvalue weighted by atomic mass is 10.8. The molecule has 0 aliphatic carbocycles. The lowest BCUT2D eigenvalue weighted by Gasteiger charge is -1.91. The van der Waals surface area contributed by atoms with Gasteiger partial charge in [0.05, 0.1) is 0 Å². The summed E-state index contributed by atoms with van der Waals surface area (Å²) in [7, 11) is -2.22. The molecule has 0 aromatic rings. The maximum absolute atomic E-state index is 10.5. The summed E-state index contributed by atoms with van der Waals surface area (Å²) in [6.45, 7) is -1.46. The summed E-state index contributed by atoms with van der Waals surface area (Å²) < 4.78 is 18.7. The van der Waals surface area contributed by atoms with Gasteiger partial charge >= 0.3 is 14.0 Å². The largest absolute Gasteiger partial charge is 0.522 e. The number of carbonyl (C=O) groups is 1. The highest BCUT2D eigenvalue weighted by Crippen LogP contribution is 2.20. The van der Waals surface area contributed by atoms with Crippen LogP contribution in [0.1, 0.15) is 0 Å². The van der Waals surface area contributed by atoms with Crippen molar-refractivity contribution in [3.63, 3.8) is 0 Å². The van der Waals surface area contributed by atoms with Crippen LogP contribution < -0.4 is 0 Å². The quantitative estimate of drug-likeness (QED) is 0.329. The Balaban J connectivity index is 3.49. The minimum atomic E-state index is -2.22. The molecule has 1 unspecified atom stereocenters. The van der Waals surface area contributed by atoms with Crippen molar-refractivity contribution in [3.8, 4) is 0 Å². The van der Waals surface area contributed by atoms with Crippen LogP contribution in [0.3, 0.4) is 0 Å². The van der Waals surface area contributed by atoms with E-state index < -0.39 is 33.7 Å². The molecule has 11 heavy (non-hydrogen) atoms. The summed E-state index contributed by atoms with van der Waals surface area (Å²) in [5, 5.41) is 16.1. The van der Waals surface area contributed by atoms with Crippen LogP contribution in [0.2, 0.25) is 0 Å². The number of aliphatic hydroxyl groups is 2. The Hall–Kier alpha value is -0.550. The number of aliphatic hydroxyl groups excluding tert-OH is 2. The Morgan fingerprint density at radius 3 is 2.45 bits per heavy atom. The van der Waals surface area contributed by atoms with E-state index in [0.717, 1.165) is 0 Å². The SMILES string of the molecule is O=C(C[P+](=O)OCO)OCO. The van der Waals surface area contributed by atoms with Gasteiger partial charge in [0, 0.05) is 0 Å². The first-order chi connectivity index (χ1) is 5.20. The molecule has 64 valence electrons. The molecule has 0 spiro atoms. The van der Waals surface area contributed by atoms with E-state index in [1.807, 2.05) is 0 Å². The minimum Gasteiger partial charge on any atom is -0.435 e. The van der Waals surface area contributed by atoms with E-state index >= 15 is 0 Å². The zero-order valence-corrected chi connectivity index (χ0v) is 6.49. The van der Waals surface area contributed by atoms with Gasteiger partial charge in [-0.15, -0.1) is 4.52 Å². The molecule has 0 aromatic carbocycles. The lowest BCUT2D eigenvalue weighted by Crippen LogP contribution is -2.08. The van der Waals surface area contributed by atoms with Crippen LogP contribution in [0.15, 0.2) is 0 Å². The third-order valence-electron chi connectivity index (χ3n) is 0.685. The fourth-order valence-electron chi connectivity index (χ4n) is 0.333. The van der Waals surface area contributed by atoms with E-state index in [9.17, 15) is 9.36 Å². The molecule has 0 amide bonds. The average Bonchev–Trinajstić information content (AvgIpc) is 1.87. The van der Waals surface area contributed by atoms with Crippen LogP contribution in [0.25, 0.3) is 0 Å². The van der Waals surface area contributed by atoms with Crippen molar-refractivity contribution in [2.24, 2.45) is 0 Å². The molecule has 0 aliphatic heterocycles. The predicted molar refractivity (Wildman–Crippen MR) is 33.8 cm³/mol. The first kappa shape index (κ1) is 10.4. The Morgan fingerprint density at radius 2 is 2.00 bits per heavy atom. The second kappa shape index (κ2) is 6.18. The Morgan fingerprint density at radius 1 is 1.36 bits per heavy atom. The van der Waals surface area contributed by atoms with Crippen molar-refractivity contribution in [2.75, 3.05) is 19.7 Å². The standard InChI is InChI=1S/C4H8O6P/c5-2-9-4(7)1-11(8)10-3-6/h5-6H,1-3H2/q+1. The smallest absolute Gasteiger partial charge is 0.435 e. The van der Waals surface area contributed by atoms with Gasteiger partial charge in [0.2, 0.25) is 0 Å². The number of carbonyl (C=O) groups excluding carboxylic acids is 1. The summed E-state index contributed by atoms with van der Waals surface area (Å²) >= 11 is 0. The molecular formula is C4H8O6P+. The minimum absolute atomic E-state index is 0.462. The van der Waals surface area contributed by atoms with E-state index in [1.54, 1.807) is 0 Å². The summed E-state index contributed by atoms with van der Waals surface area (Å²) in [4.78, 5) is 10.4. The normalized spacial score (nSPS) is 10.9. The molecule has 0 rings (SSSR count). The summed E-state index contributed by atoms with van der Waals surface area (Å²) in [6, 6.07) is 0. The van der Waals surface area contributed by atoms with Crippen molar-refractivity contribution in [3.05, 3.63) is 0 Å². The van der Waals surface area contributed by atoms with Crippen molar-refractivity contribution >= 4 is 14.0 Å². The van der Waals surface area contributed by atoms with Crippen LogP contribution in [-0.4, -0.2) is 35.9 Å². The molecule has 0 saturated carbocycles. The Bertz CT molecular complexity index is 130. The van der Waals surface area contributed by atoms with Crippen molar-refractivity contribution < 1.29 is 28.8 Å². The molecule has 0 bridgehead atoms. The van der Waals surface area contributed by atoms with Crippen LogP contribution >= 0.6 is 8.03 Å². The van der Waals surface area contributed by atoms with Gasteiger partial charge in [0.15, 0.2) is 13.6 Å². The number of ether oxygens (including phenoxy) is 1. The highest BCUT2D eigenvalue weighted by molar-refractivity contribution is 7.40. The van der Waals surface area contributed by atoms with Gasteiger partial charge in [-0.05, 0) is 4.57 Å².